The standard InChI is InChI=1S/C14H11Cl2NO2/c15-12-5-6-14(18)11(7-12)8-17-19-9-10-3-1-2-4-13(10)16/h1-8,18H,9H2/b17-8+. The minimum atomic E-state index is 0.0921. The van der Waals surface area contributed by atoms with Gasteiger partial charge in [-0.2, -0.15) is 0 Å². The Kier molecular flexibility index (Phi) is 4.66. The second kappa shape index (κ2) is 6.45. The van der Waals surface area contributed by atoms with E-state index in [-0.39, 0.29) is 12.4 Å². The van der Waals surface area contributed by atoms with E-state index in [1.165, 1.54) is 12.3 Å². The number of phenolic OH excluding ortho intramolecular Hbond substituents is 1. The number of phenols is 1. The Morgan fingerprint density at radius 1 is 1.16 bits per heavy atom. The summed E-state index contributed by atoms with van der Waals surface area (Å²) in [7, 11) is 0. The number of hydrogen-bond donors (Lipinski definition) is 1. The van der Waals surface area contributed by atoms with Crippen LogP contribution in [0.4, 0.5) is 0 Å². The highest BCUT2D eigenvalue weighted by molar-refractivity contribution is 6.31. The molecule has 0 aliphatic heterocycles. The fraction of sp³-hybridized carbons (Fsp3) is 0.0714. The van der Waals surface area contributed by atoms with E-state index in [1.807, 2.05) is 18.2 Å². The van der Waals surface area contributed by atoms with Gasteiger partial charge < -0.3 is 9.94 Å². The maximum Gasteiger partial charge on any atom is 0.143 e. The lowest BCUT2D eigenvalue weighted by Gasteiger charge is -2.02. The first-order chi connectivity index (χ1) is 9.16. The van der Waals surface area contributed by atoms with E-state index in [9.17, 15) is 5.11 Å². The lowest BCUT2D eigenvalue weighted by molar-refractivity contribution is 0.132. The molecule has 0 unspecified atom stereocenters. The van der Waals surface area contributed by atoms with Gasteiger partial charge in [0.15, 0.2) is 0 Å². The summed E-state index contributed by atoms with van der Waals surface area (Å²) in [6.07, 6.45) is 1.40. The van der Waals surface area contributed by atoms with Crippen molar-refractivity contribution in [3.8, 4) is 5.75 Å². The van der Waals surface area contributed by atoms with Gasteiger partial charge in [-0.25, -0.2) is 0 Å². The average molecular weight is 296 g/mol. The van der Waals surface area contributed by atoms with Crippen molar-refractivity contribution in [2.75, 3.05) is 0 Å². The molecule has 0 saturated heterocycles. The SMILES string of the molecule is Oc1ccc(Cl)cc1/C=N/OCc1ccccc1Cl. The van der Waals surface area contributed by atoms with Crippen molar-refractivity contribution in [2.45, 2.75) is 6.61 Å². The summed E-state index contributed by atoms with van der Waals surface area (Å²) in [4.78, 5) is 5.13. The van der Waals surface area contributed by atoms with Crippen LogP contribution in [-0.4, -0.2) is 11.3 Å². The van der Waals surface area contributed by atoms with Crippen LogP contribution in [0, 0.1) is 0 Å². The Labute approximate surface area is 121 Å². The van der Waals surface area contributed by atoms with Crippen LogP contribution in [0.1, 0.15) is 11.1 Å². The Morgan fingerprint density at radius 3 is 2.74 bits per heavy atom. The molecular formula is C14H11Cl2NO2. The number of hydrogen-bond acceptors (Lipinski definition) is 3. The van der Waals surface area contributed by atoms with Crippen LogP contribution >= 0.6 is 23.2 Å². The zero-order valence-corrected chi connectivity index (χ0v) is 11.4. The molecule has 0 heterocycles. The predicted molar refractivity (Wildman–Crippen MR) is 77.0 cm³/mol. The fourth-order valence-corrected chi connectivity index (χ4v) is 1.82. The van der Waals surface area contributed by atoms with Crippen LogP contribution in [0.15, 0.2) is 47.6 Å². The van der Waals surface area contributed by atoms with Crippen molar-refractivity contribution in [1.82, 2.24) is 0 Å². The molecule has 0 spiro atoms. The highest BCUT2D eigenvalue weighted by atomic mass is 35.5. The summed E-state index contributed by atoms with van der Waals surface area (Å²) >= 11 is 11.8. The molecule has 0 saturated carbocycles. The molecule has 0 aromatic heterocycles. The first-order valence-electron chi connectivity index (χ1n) is 5.54. The molecule has 2 aromatic rings. The summed E-state index contributed by atoms with van der Waals surface area (Å²) in [5.41, 5.74) is 1.34. The van der Waals surface area contributed by atoms with E-state index in [1.54, 1.807) is 18.2 Å². The molecule has 0 atom stereocenters. The number of benzene rings is 2. The Balaban J connectivity index is 1.97. The van der Waals surface area contributed by atoms with Crippen molar-refractivity contribution in [1.29, 1.82) is 0 Å². The number of rotatable bonds is 4. The Morgan fingerprint density at radius 2 is 1.95 bits per heavy atom. The summed E-state index contributed by atoms with van der Waals surface area (Å²) in [5.74, 6) is 0.0921. The van der Waals surface area contributed by atoms with Crippen LogP contribution in [0.2, 0.25) is 10.0 Å². The quantitative estimate of drug-likeness (QED) is 0.677. The molecule has 19 heavy (non-hydrogen) atoms. The molecule has 0 aliphatic rings. The summed E-state index contributed by atoms with van der Waals surface area (Å²) < 4.78 is 0. The molecule has 5 heteroatoms. The maximum absolute atomic E-state index is 9.57. The van der Waals surface area contributed by atoms with Gasteiger partial charge in [-0.15, -0.1) is 0 Å². The Bertz CT molecular complexity index is 600. The molecule has 2 aromatic carbocycles. The lowest BCUT2D eigenvalue weighted by atomic mass is 10.2. The largest absolute Gasteiger partial charge is 0.507 e. The van der Waals surface area contributed by atoms with E-state index in [0.717, 1.165) is 5.56 Å². The monoisotopic (exact) mass is 295 g/mol. The highest BCUT2D eigenvalue weighted by Crippen LogP contribution is 2.20. The molecule has 0 amide bonds. The summed E-state index contributed by atoms with van der Waals surface area (Å²) in [6, 6.07) is 12.0. The van der Waals surface area contributed by atoms with Crippen molar-refractivity contribution in [3.63, 3.8) is 0 Å². The number of oxime groups is 1. The van der Waals surface area contributed by atoms with Gasteiger partial charge in [0, 0.05) is 21.2 Å². The van der Waals surface area contributed by atoms with Crippen LogP contribution in [0.25, 0.3) is 0 Å². The average Bonchev–Trinajstić information content (AvgIpc) is 2.40. The van der Waals surface area contributed by atoms with Crippen molar-refractivity contribution >= 4 is 29.4 Å². The van der Waals surface area contributed by atoms with Crippen molar-refractivity contribution in [2.24, 2.45) is 5.16 Å². The van der Waals surface area contributed by atoms with E-state index in [2.05, 4.69) is 5.16 Å². The topological polar surface area (TPSA) is 41.8 Å². The smallest absolute Gasteiger partial charge is 0.143 e. The number of nitrogens with zero attached hydrogens (tertiary/aromatic N) is 1. The minimum absolute atomic E-state index is 0.0921. The predicted octanol–water partition coefficient (Wildman–Crippen LogP) is 4.25. The third-order valence-corrected chi connectivity index (χ3v) is 3.04. The first kappa shape index (κ1) is 13.7. The molecule has 2 rings (SSSR count). The van der Waals surface area contributed by atoms with E-state index in [0.29, 0.717) is 15.6 Å². The molecule has 0 radical (unpaired) electrons. The van der Waals surface area contributed by atoms with Gasteiger partial charge in [0.25, 0.3) is 0 Å². The van der Waals surface area contributed by atoms with Gasteiger partial charge in [-0.1, -0.05) is 46.6 Å². The van der Waals surface area contributed by atoms with Crippen LogP contribution < -0.4 is 0 Å². The van der Waals surface area contributed by atoms with Crippen LogP contribution in [0.3, 0.4) is 0 Å². The van der Waals surface area contributed by atoms with Gasteiger partial charge in [0.1, 0.15) is 12.4 Å². The van der Waals surface area contributed by atoms with Crippen LogP contribution in [0.5, 0.6) is 5.75 Å². The summed E-state index contributed by atoms with van der Waals surface area (Å²) in [6.45, 7) is 0.261. The molecule has 3 nitrogen and oxygen atoms in total. The second-order valence-corrected chi connectivity index (χ2v) is 4.65. The lowest BCUT2D eigenvalue weighted by Crippen LogP contribution is -1.89. The Hall–Kier alpha value is -1.71. The second-order valence-electron chi connectivity index (χ2n) is 3.80. The first-order valence-corrected chi connectivity index (χ1v) is 6.29. The highest BCUT2D eigenvalue weighted by Gasteiger charge is 2.00. The van der Waals surface area contributed by atoms with Crippen LogP contribution in [-0.2, 0) is 11.4 Å². The van der Waals surface area contributed by atoms with E-state index >= 15 is 0 Å². The van der Waals surface area contributed by atoms with Gasteiger partial charge >= 0.3 is 0 Å². The van der Waals surface area contributed by atoms with Crippen molar-refractivity contribution < 1.29 is 9.94 Å². The van der Waals surface area contributed by atoms with Gasteiger partial charge in [-0.05, 0) is 24.3 Å². The molecule has 0 fully saturated rings. The molecule has 98 valence electrons. The molecule has 1 N–H and O–H groups in total. The minimum Gasteiger partial charge on any atom is -0.507 e. The molecular weight excluding hydrogens is 285 g/mol. The third kappa shape index (κ3) is 3.88. The zero-order valence-electron chi connectivity index (χ0n) is 9.88. The fourth-order valence-electron chi connectivity index (χ4n) is 1.45. The third-order valence-electron chi connectivity index (χ3n) is 2.43. The number of halogens is 2. The maximum atomic E-state index is 9.57. The summed E-state index contributed by atoms with van der Waals surface area (Å²) in [5, 5.41) is 14.5. The van der Waals surface area contributed by atoms with Gasteiger partial charge in [0.05, 0.1) is 6.21 Å². The van der Waals surface area contributed by atoms with Crippen molar-refractivity contribution in [3.05, 3.63) is 63.6 Å². The number of aromatic hydroxyl groups is 1. The van der Waals surface area contributed by atoms with E-state index < -0.39 is 0 Å². The molecule has 0 aliphatic carbocycles. The molecule has 0 bridgehead atoms. The van der Waals surface area contributed by atoms with E-state index in [4.69, 9.17) is 28.0 Å². The zero-order chi connectivity index (χ0) is 13.7. The van der Waals surface area contributed by atoms with Gasteiger partial charge in [0.2, 0.25) is 0 Å². The van der Waals surface area contributed by atoms with Gasteiger partial charge in [-0.3, -0.25) is 0 Å². The normalized spacial score (nSPS) is 10.8.